The number of aliphatic carboxylic acids is 2. The van der Waals surface area contributed by atoms with E-state index in [2.05, 4.69) is 83.0 Å². The number of oxime groups is 1. The van der Waals surface area contributed by atoms with Gasteiger partial charge in [-0.05, 0) is 55.1 Å². The Morgan fingerprint density at radius 1 is 0.941 bits per heavy atom. The van der Waals surface area contributed by atoms with Crippen LogP contribution in [0.5, 0.6) is 0 Å². The van der Waals surface area contributed by atoms with Gasteiger partial charge < -0.3 is 15.1 Å². The molecule has 0 amide bonds. The van der Waals surface area contributed by atoms with Gasteiger partial charge in [-0.2, -0.15) is 0 Å². The molecular formula is C26H28N2O5S. The molecule has 8 heteroatoms. The van der Waals surface area contributed by atoms with Crippen molar-refractivity contribution in [1.82, 2.24) is 4.90 Å². The maximum absolute atomic E-state index is 9.10. The second-order valence-corrected chi connectivity index (χ2v) is 8.57. The van der Waals surface area contributed by atoms with E-state index in [9.17, 15) is 0 Å². The molecule has 1 aliphatic rings. The normalized spacial score (nSPS) is 13.9. The zero-order valence-corrected chi connectivity index (χ0v) is 19.8. The second-order valence-electron chi connectivity index (χ2n) is 7.69. The number of carbonyl (C=O) groups is 2. The molecule has 3 aromatic carbocycles. The van der Waals surface area contributed by atoms with Crippen LogP contribution in [0, 0.1) is 0 Å². The van der Waals surface area contributed by atoms with E-state index in [1.54, 1.807) is 11.8 Å². The Kier molecular flexibility index (Phi) is 9.49. The highest BCUT2D eigenvalue weighted by molar-refractivity contribution is 7.98. The Bertz CT molecular complexity index is 1120. The quantitative estimate of drug-likeness (QED) is 0.168. The average Bonchev–Trinajstić information content (AvgIpc) is 3.38. The molecule has 1 fully saturated rings. The first-order valence-corrected chi connectivity index (χ1v) is 12.2. The number of thioether (sulfide) groups is 1. The molecule has 0 radical (unpaired) electrons. The summed E-state index contributed by atoms with van der Waals surface area (Å²) in [5.41, 5.74) is 3.08. The predicted octanol–water partition coefficient (Wildman–Crippen LogP) is 4.58. The smallest absolute Gasteiger partial charge is 0.414 e. The lowest BCUT2D eigenvalue weighted by atomic mass is 9.97. The molecule has 7 nitrogen and oxygen atoms in total. The van der Waals surface area contributed by atoms with Crippen LogP contribution in [0.15, 0.2) is 76.8 Å². The highest BCUT2D eigenvalue weighted by Gasteiger charge is 2.13. The average molecular weight is 481 g/mol. The summed E-state index contributed by atoms with van der Waals surface area (Å²) in [5, 5.41) is 21.8. The number of benzene rings is 3. The van der Waals surface area contributed by atoms with Crippen molar-refractivity contribution < 1.29 is 24.6 Å². The van der Waals surface area contributed by atoms with Gasteiger partial charge in [0.25, 0.3) is 0 Å². The summed E-state index contributed by atoms with van der Waals surface area (Å²) in [6.07, 6.45) is 4.69. The van der Waals surface area contributed by atoms with E-state index < -0.39 is 11.9 Å². The molecule has 178 valence electrons. The number of nitrogens with zero attached hydrogens (tertiary/aromatic N) is 2. The van der Waals surface area contributed by atoms with Gasteiger partial charge in [-0.3, -0.25) is 4.90 Å². The first-order valence-electron chi connectivity index (χ1n) is 11.0. The second kappa shape index (κ2) is 12.8. The fraction of sp³-hybridized carbons (Fsp3) is 0.269. The van der Waals surface area contributed by atoms with E-state index >= 15 is 0 Å². The molecule has 3 aromatic rings. The van der Waals surface area contributed by atoms with Gasteiger partial charge >= 0.3 is 11.9 Å². The first kappa shape index (κ1) is 25.3. The molecule has 0 unspecified atom stereocenters. The summed E-state index contributed by atoms with van der Waals surface area (Å²) in [6, 6.07) is 23.4. The summed E-state index contributed by atoms with van der Waals surface area (Å²) in [6.45, 7) is 3.92. The highest BCUT2D eigenvalue weighted by atomic mass is 32.2. The van der Waals surface area contributed by atoms with Crippen LogP contribution in [0.25, 0.3) is 10.8 Å². The molecule has 34 heavy (non-hydrogen) atoms. The van der Waals surface area contributed by atoms with Crippen LogP contribution in [-0.2, 0) is 14.4 Å². The SMILES string of the molecule is CSc1ccc(C(=NOCCN2CCCC2)c2cccc3ccccc23)cc1.O=C(O)C(=O)O. The number of carboxylic acids is 2. The lowest BCUT2D eigenvalue weighted by molar-refractivity contribution is -0.159. The summed E-state index contributed by atoms with van der Waals surface area (Å²) in [7, 11) is 0. The van der Waals surface area contributed by atoms with Crippen LogP contribution in [-0.4, -0.2) is 65.3 Å². The zero-order chi connectivity index (χ0) is 24.3. The van der Waals surface area contributed by atoms with Crippen molar-refractivity contribution in [3.05, 3.63) is 77.9 Å². The van der Waals surface area contributed by atoms with Crippen molar-refractivity contribution in [3.8, 4) is 0 Å². The standard InChI is InChI=1S/C24H26N2OS.C2H2O4/c1-28-21-13-11-20(12-14-21)24(25-27-18-17-26-15-4-5-16-26)23-10-6-8-19-7-2-3-9-22(19)23;3-1(4)2(5)6/h2-3,6-14H,4-5,15-18H2,1H3;(H,3,4)(H,5,6). The molecule has 1 heterocycles. The minimum Gasteiger partial charge on any atom is -0.473 e. The van der Waals surface area contributed by atoms with E-state index in [4.69, 9.17) is 24.6 Å². The van der Waals surface area contributed by atoms with E-state index in [1.165, 1.54) is 41.6 Å². The Labute approximate surface area is 203 Å². The van der Waals surface area contributed by atoms with Crippen molar-refractivity contribution in [1.29, 1.82) is 0 Å². The van der Waals surface area contributed by atoms with Gasteiger partial charge in [-0.25, -0.2) is 9.59 Å². The molecule has 4 rings (SSSR count). The van der Waals surface area contributed by atoms with Crippen molar-refractivity contribution in [2.24, 2.45) is 5.16 Å². The maximum atomic E-state index is 9.10. The number of hydrogen-bond donors (Lipinski definition) is 2. The number of fused-ring (bicyclic) bond motifs is 1. The molecule has 1 saturated heterocycles. The fourth-order valence-corrected chi connectivity index (χ4v) is 4.13. The molecule has 2 N–H and O–H groups in total. The Morgan fingerprint density at radius 3 is 2.24 bits per heavy atom. The fourth-order valence-electron chi connectivity index (χ4n) is 3.72. The first-order chi connectivity index (χ1) is 16.5. The van der Waals surface area contributed by atoms with Crippen molar-refractivity contribution >= 4 is 40.2 Å². The van der Waals surface area contributed by atoms with Gasteiger partial charge in [-0.1, -0.05) is 59.8 Å². The molecule has 0 bridgehead atoms. The van der Waals surface area contributed by atoms with Gasteiger partial charge in [0.15, 0.2) is 0 Å². The molecule has 0 atom stereocenters. The van der Waals surface area contributed by atoms with E-state index in [0.717, 1.165) is 23.4 Å². The monoisotopic (exact) mass is 480 g/mol. The molecule has 0 aromatic heterocycles. The molecule has 0 spiro atoms. The lowest BCUT2D eigenvalue weighted by Crippen LogP contribution is -2.23. The number of carboxylic acid groups (broad SMARTS) is 2. The van der Waals surface area contributed by atoms with Crippen LogP contribution in [0.2, 0.25) is 0 Å². The van der Waals surface area contributed by atoms with Crippen molar-refractivity contribution in [2.45, 2.75) is 17.7 Å². The highest BCUT2D eigenvalue weighted by Crippen LogP contribution is 2.24. The minimum absolute atomic E-state index is 0.622. The number of likely N-dealkylation sites (tertiary alicyclic amines) is 1. The van der Waals surface area contributed by atoms with Gasteiger partial charge in [-0.15, -0.1) is 11.8 Å². The third kappa shape index (κ3) is 7.07. The summed E-state index contributed by atoms with van der Waals surface area (Å²) in [4.78, 5) is 27.7. The van der Waals surface area contributed by atoms with E-state index in [0.29, 0.717) is 6.61 Å². The van der Waals surface area contributed by atoms with Crippen LogP contribution in [0.4, 0.5) is 0 Å². The van der Waals surface area contributed by atoms with Crippen LogP contribution in [0.3, 0.4) is 0 Å². The number of rotatable bonds is 7. The minimum atomic E-state index is -1.82. The molecule has 0 saturated carbocycles. The molecular weight excluding hydrogens is 452 g/mol. The van der Waals surface area contributed by atoms with Gasteiger partial charge in [0.05, 0.1) is 0 Å². The van der Waals surface area contributed by atoms with Crippen LogP contribution < -0.4 is 0 Å². The van der Waals surface area contributed by atoms with Crippen molar-refractivity contribution in [3.63, 3.8) is 0 Å². The van der Waals surface area contributed by atoms with Gasteiger partial charge in [0.1, 0.15) is 12.3 Å². The summed E-state index contributed by atoms with van der Waals surface area (Å²) < 4.78 is 0. The predicted molar refractivity (Wildman–Crippen MR) is 135 cm³/mol. The topological polar surface area (TPSA) is 99.4 Å². The lowest BCUT2D eigenvalue weighted by Gasteiger charge is -2.14. The zero-order valence-electron chi connectivity index (χ0n) is 19.0. The number of hydrogen-bond acceptors (Lipinski definition) is 6. The Balaban J connectivity index is 0.000000481. The van der Waals surface area contributed by atoms with E-state index in [-0.39, 0.29) is 0 Å². The Hall–Kier alpha value is -3.36. The largest absolute Gasteiger partial charge is 0.473 e. The maximum Gasteiger partial charge on any atom is 0.414 e. The molecule has 1 aliphatic heterocycles. The van der Waals surface area contributed by atoms with Crippen LogP contribution >= 0.6 is 11.8 Å². The van der Waals surface area contributed by atoms with Crippen LogP contribution in [0.1, 0.15) is 24.0 Å². The van der Waals surface area contributed by atoms with E-state index in [1.807, 2.05) is 0 Å². The summed E-state index contributed by atoms with van der Waals surface area (Å²) in [5.74, 6) is -3.65. The Morgan fingerprint density at radius 2 is 1.59 bits per heavy atom. The molecule has 0 aliphatic carbocycles. The summed E-state index contributed by atoms with van der Waals surface area (Å²) >= 11 is 1.75. The van der Waals surface area contributed by atoms with Crippen molar-refractivity contribution in [2.75, 3.05) is 32.5 Å². The third-order valence-electron chi connectivity index (χ3n) is 5.44. The third-order valence-corrected chi connectivity index (χ3v) is 6.19. The van der Waals surface area contributed by atoms with Gasteiger partial charge in [0.2, 0.25) is 0 Å². The van der Waals surface area contributed by atoms with Gasteiger partial charge in [0, 0.05) is 22.6 Å².